The van der Waals surface area contributed by atoms with Crippen LogP contribution in [0, 0.1) is 0 Å². The molecule has 0 aliphatic rings. The normalized spacial score (nSPS) is 9.67. The number of aromatic hydroxyl groups is 2. The van der Waals surface area contributed by atoms with E-state index in [1.807, 2.05) is 0 Å². The number of hydrogen-bond donors (Lipinski definition) is 5. The number of amides is 1. The molecule has 0 aliphatic carbocycles. The Morgan fingerprint density at radius 2 is 1.80 bits per heavy atom. The van der Waals surface area contributed by atoms with Crippen LogP contribution in [0.4, 0.5) is 0 Å². The molecule has 0 radical (unpaired) electrons. The Morgan fingerprint density at radius 3 is 2.27 bits per heavy atom. The fourth-order valence-electron chi connectivity index (χ4n) is 1.05. The van der Waals surface area contributed by atoms with Crippen molar-refractivity contribution in [1.82, 2.24) is 5.48 Å². The lowest BCUT2D eigenvalue weighted by molar-refractivity contribution is 0.0658. The van der Waals surface area contributed by atoms with Gasteiger partial charge in [0.25, 0.3) is 5.91 Å². The van der Waals surface area contributed by atoms with Gasteiger partial charge in [0.1, 0.15) is 5.56 Å². The maximum absolute atomic E-state index is 11.0. The summed E-state index contributed by atoms with van der Waals surface area (Å²) in [4.78, 5) is 21.7. The number of carboxylic acid groups (broad SMARTS) is 1. The number of nitrogens with one attached hydrogen (secondary N) is 1. The van der Waals surface area contributed by atoms with E-state index in [-0.39, 0.29) is 0 Å². The molecule has 0 saturated carbocycles. The van der Waals surface area contributed by atoms with Crippen molar-refractivity contribution in [1.29, 1.82) is 0 Å². The Bertz CT molecular complexity index is 427. The lowest BCUT2D eigenvalue weighted by Crippen LogP contribution is -2.21. The highest BCUT2D eigenvalue weighted by Gasteiger charge is 2.22. The molecule has 7 nitrogen and oxygen atoms in total. The van der Waals surface area contributed by atoms with Crippen LogP contribution < -0.4 is 5.48 Å². The van der Waals surface area contributed by atoms with Crippen molar-refractivity contribution < 1.29 is 30.1 Å². The lowest BCUT2D eigenvalue weighted by Gasteiger charge is -2.07. The third kappa shape index (κ3) is 1.81. The molecule has 15 heavy (non-hydrogen) atoms. The second kappa shape index (κ2) is 3.84. The second-order valence-electron chi connectivity index (χ2n) is 2.60. The molecule has 0 atom stereocenters. The number of benzene rings is 1. The van der Waals surface area contributed by atoms with Crippen LogP contribution in [0.15, 0.2) is 12.1 Å². The molecule has 1 aromatic rings. The van der Waals surface area contributed by atoms with Gasteiger partial charge in [-0.1, -0.05) is 0 Å². The number of phenols is 2. The summed E-state index contributed by atoms with van der Waals surface area (Å²) in [6, 6.07) is 1.90. The predicted octanol–water partition coefficient (Wildman–Crippen LogP) is -0.0850. The quantitative estimate of drug-likeness (QED) is 0.265. The molecule has 1 rings (SSSR count). The maximum Gasteiger partial charge on any atom is 0.340 e. The van der Waals surface area contributed by atoms with Gasteiger partial charge in [-0.3, -0.25) is 10.0 Å². The molecule has 0 spiro atoms. The molecule has 5 N–H and O–H groups in total. The third-order valence-corrected chi connectivity index (χ3v) is 1.72. The Hall–Kier alpha value is -2.28. The SMILES string of the molecule is O=C(NO)c1ccc(O)c(O)c1C(=O)O. The van der Waals surface area contributed by atoms with Crippen molar-refractivity contribution >= 4 is 11.9 Å². The highest BCUT2D eigenvalue weighted by molar-refractivity contribution is 6.06. The molecule has 1 amide bonds. The summed E-state index contributed by atoms with van der Waals surface area (Å²) >= 11 is 0. The van der Waals surface area contributed by atoms with Gasteiger partial charge >= 0.3 is 5.97 Å². The number of hydroxylamine groups is 1. The van der Waals surface area contributed by atoms with Crippen molar-refractivity contribution in [3.05, 3.63) is 23.3 Å². The molecule has 80 valence electrons. The van der Waals surface area contributed by atoms with E-state index in [0.29, 0.717) is 0 Å². The van der Waals surface area contributed by atoms with Gasteiger partial charge in [0.2, 0.25) is 0 Å². The van der Waals surface area contributed by atoms with E-state index in [2.05, 4.69) is 0 Å². The van der Waals surface area contributed by atoms with Crippen LogP contribution in [0.5, 0.6) is 11.5 Å². The zero-order valence-electron chi connectivity index (χ0n) is 7.26. The molecule has 0 aromatic heterocycles. The number of aromatic carboxylic acids is 1. The fourth-order valence-corrected chi connectivity index (χ4v) is 1.05. The van der Waals surface area contributed by atoms with Gasteiger partial charge in [-0.25, -0.2) is 10.3 Å². The molecule has 0 fully saturated rings. The summed E-state index contributed by atoms with van der Waals surface area (Å²) in [7, 11) is 0. The van der Waals surface area contributed by atoms with Crippen molar-refractivity contribution in [2.75, 3.05) is 0 Å². The van der Waals surface area contributed by atoms with Crippen LogP contribution in [0.2, 0.25) is 0 Å². The van der Waals surface area contributed by atoms with Crippen LogP contribution in [0.25, 0.3) is 0 Å². The maximum atomic E-state index is 11.0. The minimum absolute atomic E-state index is 0.458. The number of rotatable bonds is 2. The molecule has 7 heteroatoms. The number of carbonyl (C=O) groups is 2. The standard InChI is InChI=1S/C8H7NO6/c10-4-2-1-3(7(12)9-15)5(6(4)11)8(13)14/h1-2,10-11,15H,(H,9,12)(H,13,14). The van der Waals surface area contributed by atoms with Gasteiger partial charge in [0.15, 0.2) is 11.5 Å². The lowest BCUT2D eigenvalue weighted by atomic mass is 10.1. The molecule has 0 saturated heterocycles. The Morgan fingerprint density at radius 1 is 1.20 bits per heavy atom. The number of hydrogen-bond acceptors (Lipinski definition) is 5. The first-order chi connectivity index (χ1) is 6.99. The summed E-state index contributed by atoms with van der Waals surface area (Å²) in [6.45, 7) is 0. The minimum atomic E-state index is -1.60. The van der Waals surface area contributed by atoms with Gasteiger partial charge in [0.05, 0.1) is 5.56 Å². The van der Waals surface area contributed by atoms with E-state index in [1.54, 1.807) is 0 Å². The molecule has 0 bridgehead atoms. The van der Waals surface area contributed by atoms with Gasteiger partial charge in [0, 0.05) is 0 Å². The van der Waals surface area contributed by atoms with Crippen molar-refractivity contribution in [3.8, 4) is 11.5 Å². The zero-order chi connectivity index (χ0) is 11.6. The average Bonchev–Trinajstić information content (AvgIpc) is 2.20. The summed E-state index contributed by atoms with van der Waals surface area (Å²) in [6.07, 6.45) is 0. The monoisotopic (exact) mass is 213 g/mol. The predicted molar refractivity (Wildman–Crippen MR) is 46.0 cm³/mol. The first-order valence-corrected chi connectivity index (χ1v) is 3.71. The number of carboxylic acids is 1. The fraction of sp³-hybridized carbons (Fsp3) is 0. The first-order valence-electron chi connectivity index (χ1n) is 3.71. The van der Waals surface area contributed by atoms with Crippen molar-refractivity contribution in [2.24, 2.45) is 0 Å². The van der Waals surface area contributed by atoms with Gasteiger partial charge in [-0.15, -0.1) is 0 Å². The highest BCUT2D eigenvalue weighted by Crippen LogP contribution is 2.31. The number of carbonyl (C=O) groups excluding carboxylic acids is 1. The smallest absolute Gasteiger partial charge is 0.340 e. The minimum Gasteiger partial charge on any atom is -0.504 e. The Balaban J connectivity index is 3.46. The second-order valence-corrected chi connectivity index (χ2v) is 2.60. The summed E-state index contributed by atoms with van der Waals surface area (Å²) in [5.41, 5.74) is -0.00620. The van der Waals surface area contributed by atoms with E-state index in [1.165, 1.54) is 5.48 Å². The van der Waals surface area contributed by atoms with Crippen LogP contribution in [0.1, 0.15) is 20.7 Å². The average molecular weight is 213 g/mol. The zero-order valence-corrected chi connectivity index (χ0v) is 7.26. The Labute approximate surface area is 83.2 Å². The molecule has 1 aromatic carbocycles. The molecule has 0 heterocycles. The van der Waals surface area contributed by atoms with Crippen LogP contribution >= 0.6 is 0 Å². The van der Waals surface area contributed by atoms with E-state index in [9.17, 15) is 14.7 Å². The van der Waals surface area contributed by atoms with Crippen molar-refractivity contribution in [3.63, 3.8) is 0 Å². The summed E-state index contributed by atoms with van der Waals surface area (Å²) in [5, 5.41) is 35.2. The van der Waals surface area contributed by atoms with E-state index in [4.69, 9.17) is 15.4 Å². The summed E-state index contributed by atoms with van der Waals surface area (Å²) in [5.74, 6) is -4.28. The third-order valence-electron chi connectivity index (χ3n) is 1.72. The van der Waals surface area contributed by atoms with Crippen LogP contribution in [0.3, 0.4) is 0 Å². The molecular formula is C8H7NO6. The van der Waals surface area contributed by atoms with Gasteiger partial charge in [-0.05, 0) is 12.1 Å². The van der Waals surface area contributed by atoms with Crippen molar-refractivity contribution in [2.45, 2.75) is 0 Å². The largest absolute Gasteiger partial charge is 0.504 e. The van der Waals surface area contributed by atoms with E-state index >= 15 is 0 Å². The van der Waals surface area contributed by atoms with Gasteiger partial charge in [-0.2, -0.15) is 0 Å². The van der Waals surface area contributed by atoms with Crippen LogP contribution in [-0.2, 0) is 0 Å². The Kier molecular flexibility index (Phi) is 2.77. The molecule has 0 unspecified atom stereocenters. The van der Waals surface area contributed by atoms with Gasteiger partial charge < -0.3 is 15.3 Å². The van der Waals surface area contributed by atoms with Crippen LogP contribution in [-0.4, -0.2) is 32.4 Å². The van der Waals surface area contributed by atoms with E-state index in [0.717, 1.165) is 12.1 Å². The number of phenolic OH excluding ortho intramolecular Hbond substituents is 1. The molecular weight excluding hydrogens is 206 g/mol. The van der Waals surface area contributed by atoms with E-state index < -0.39 is 34.5 Å². The topological polar surface area (TPSA) is 127 Å². The first kappa shape index (κ1) is 10.8. The molecule has 0 aliphatic heterocycles. The highest BCUT2D eigenvalue weighted by atomic mass is 16.5. The summed E-state index contributed by atoms with van der Waals surface area (Å²) < 4.78 is 0.